The third-order valence-corrected chi connectivity index (χ3v) is 11.5. The SMILES string of the molecule is CCN=P(N=P(CNC)(N(C)C)N(C)C)(N(C)C)N(C)C. The van der Waals surface area contributed by atoms with Crippen molar-refractivity contribution in [2.24, 2.45) is 9.26 Å². The third kappa shape index (κ3) is 4.61. The fourth-order valence-electron chi connectivity index (χ4n) is 2.23. The fraction of sp³-hybridized carbons (Fsp3) is 1.00. The zero-order chi connectivity index (χ0) is 16.8. The number of hydrogen-bond acceptors (Lipinski definition) is 2. The van der Waals surface area contributed by atoms with Gasteiger partial charge in [-0.3, -0.25) is 14.1 Å². The van der Waals surface area contributed by atoms with Crippen molar-refractivity contribution in [2.45, 2.75) is 6.92 Å². The Morgan fingerprint density at radius 2 is 1.24 bits per heavy atom. The van der Waals surface area contributed by atoms with Gasteiger partial charge in [-0.15, -0.1) is 0 Å². The molecule has 0 aromatic heterocycles. The van der Waals surface area contributed by atoms with E-state index in [4.69, 9.17) is 9.26 Å². The summed E-state index contributed by atoms with van der Waals surface area (Å²) in [6.45, 7) is 2.86. The first-order valence-corrected chi connectivity index (χ1v) is 10.6. The summed E-state index contributed by atoms with van der Waals surface area (Å²) in [7, 11) is 14.8. The molecule has 0 heterocycles. The highest BCUT2D eigenvalue weighted by atomic mass is 31.2. The lowest BCUT2D eigenvalue weighted by Crippen LogP contribution is -2.29. The Labute approximate surface area is 132 Å². The monoisotopic (exact) mass is 339 g/mol. The van der Waals surface area contributed by atoms with Gasteiger partial charge >= 0.3 is 0 Å². The molecule has 0 fully saturated rings. The maximum absolute atomic E-state index is 5.41. The molecule has 21 heavy (non-hydrogen) atoms. The molecule has 9 heteroatoms. The van der Waals surface area contributed by atoms with Gasteiger partial charge in [0.15, 0.2) is 0 Å². The van der Waals surface area contributed by atoms with E-state index in [0.29, 0.717) is 0 Å². The molecule has 0 aromatic rings. The molecule has 0 aliphatic carbocycles. The Kier molecular flexibility index (Phi) is 8.89. The molecule has 0 unspecified atom stereocenters. The first-order chi connectivity index (χ1) is 9.60. The van der Waals surface area contributed by atoms with E-state index in [2.05, 4.69) is 87.3 Å². The molecule has 0 rings (SSSR count). The minimum absolute atomic E-state index is 0.772. The summed E-state index contributed by atoms with van der Waals surface area (Å²) in [4.78, 5) is 0. The summed E-state index contributed by atoms with van der Waals surface area (Å²) >= 11 is 0. The van der Waals surface area contributed by atoms with Crippen LogP contribution >= 0.6 is 14.9 Å². The molecule has 0 spiro atoms. The predicted octanol–water partition coefficient (Wildman–Crippen LogP) is 2.41. The quantitative estimate of drug-likeness (QED) is 0.688. The summed E-state index contributed by atoms with van der Waals surface area (Å²) < 4.78 is 19.2. The Hall–Kier alpha value is 0.260. The van der Waals surface area contributed by atoms with Crippen molar-refractivity contribution < 1.29 is 0 Å². The van der Waals surface area contributed by atoms with Crippen LogP contribution in [0.2, 0.25) is 0 Å². The molecule has 0 saturated heterocycles. The summed E-state index contributed by atoms with van der Waals surface area (Å²) in [6, 6.07) is 0. The van der Waals surface area contributed by atoms with Gasteiger partial charge < -0.3 is 5.32 Å². The van der Waals surface area contributed by atoms with E-state index in [1.807, 2.05) is 7.05 Å². The topological polar surface area (TPSA) is 49.7 Å². The van der Waals surface area contributed by atoms with E-state index in [9.17, 15) is 0 Å². The second-order valence-corrected chi connectivity index (χ2v) is 12.6. The zero-order valence-corrected chi connectivity index (χ0v) is 17.3. The van der Waals surface area contributed by atoms with E-state index in [1.54, 1.807) is 0 Å². The van der Waals surface area contributed by atoms with Gasteiger partial charge in [-0.1, -0.05) is 0 Å². The van der Waals surface area contributed by atoms with Gasteiger partial charge in [0.2, 0.25) is 7.51 Å². The summed E-state index contributed by atoms with van der Waals surface area (Å²) in [5, 5.41) is 3.33. The minimum Gasteiger partial charge on any atom is -0.312 e. The van der Waals surface area contributed by atoms with Gasteiger partial charge in [0, 0.05) is 6.54 Å². The van der Waals surface area contributed by atoms with Crippen molar-refractivity contribution in [3.63, 3.8) is 0 Å². The van der Waals surface area contributed by atoms with Crippen molar-refractivity contribution >= 4 is 14.9 Å². The lowest BCUT2D eigenvalue weighted by molar-refractivity contribution is 0.540. The van der Waals surface area contributed by atoms with E-state index in [0.717, 1.165) is 12.8 Å². The second kappa shape index (κ2) is 8.78. The Morgan fingerprint density at radius 1 is 0.810 bits per heavy atom. The van der Waals surface area contributed by atoms with Crippen LogP contribution in [-0.2, 0) is 0 Å². The summed E-state index contributed by atoms with van der Waals surface area (Å²) in [5.41, 5.74) is 0. The molecule has 0 aliphatic heterocycles. The summed E-state index contributed by atoms with van der Waals surface area (Å²) in [5.74, 6) is 0. The van der Waals surface area contributed by atoms with Crippen LogP contribution in [0.5, 0.6) is 0 Å². The zero-order valence-electron chi connectivity index (χ0n) is 15.5. The van der Waals surface area contributed by atoms with Crippen molar-refractivity contribution in [3.05, 3.63) is 0 Å². The molecule has 128 valence electrons. The Balaban J connectivity index is 6.53. The van der Waals surface area contributed by atoms with Gasteiger partial charge in [0.25, 0.3) is 0 Å². The average Bonchev–Trinajstić information content (AvgIpc) is 2.35. The molecule has 0 aromatic carbocycles. The minimum atomic E-state index is -2.06. The smallest absolute Gasteiger partial charge is 0.211 e. The van der Waals surface area contributed by atoms with Gasteiger partial charge in [-0.2, -0.15) is 0 Å². The first kappa shape index (κ1) is 21.3. The van der Waals surface area contributed by atoms with Gasteiger partial charge in [-0.25, -0.2) is 13.9 Å². The van der Waals surface area contributed by atoms with E-state index in [-0.39, 0.29) is 0 Å². The molecular formula is C12H35N7P2. The molecule has 0 aliphatic rings. The first-order valence-electron chi connectivity index (χ1n) is 7.17. The summed E-state index contributed by atoms with van der Waals surface area (Å²) in [6.07, 6.45) is 0.843. The Morgan fingerprint density at radius 3 is 1.48 bits per heavy atom. The average molecular weight is 339 g/mol. The largest absolute Gasteiger partial charge is 0.312 e. The molecule has 7 nitrogen and oxygen atoms in total. The van der Waals surface area contributed by atoms with E-state index >= 15 is 0 Å². The number of rotatable bonds is 8. The normalized spacial score (nSPS) is 13.6. The van der Waals surface area contributed by atoms with Crippen LogP contribution in [0.1, 0.15) is 6.92 Å². The highest BCUT2D eigenvalue weighted by Gasteiger charge is 2.33. The molecule has 0 amide bonds. The maximum Gasteiger partial charge on any atom is 0.211 e. The van der Waals surface area contributed by atoms with E-state index < -0.39 is 14.9 Å². The molecule has 1 N–H and O–H groups in total. The van der Waals surface area contributed by atoms with Crippen LogP contribution in [0.4, 0.5) is 0 Å². The highest BCUT2D eigenvalue weighted by Crippen LogP contribution is 2.66. The second-order valence-electron chi connectivity index (χ2n) is 5.68. The molecule has 0 atom stereocenters. The van der Waals surface area contributed by atoms with Crippen LogP contribution < -0.4 is 5.32 Å². The highest BCUT2D eigenvalue weighted by molar-refractivity contribution is 7.72. The Bertz CT molecular complexity index is 392. The van der Waals surface area contributed by atoms with Crippen LogP contribution in [0.3, 0.4) is 0 Å². The number of hydrogen-bond donors (Lipinski definition) is 1. The van der Waals surface area contributed by atoms with Gasteiger partial charge in [-0.05, 0) is 70.4 Å². The number of nitrogens with zero attached hydrogens (tertiary/aromatic N) is 6. The van der Waals surface area contributed by atoms with Gasteiger partial charge in [0.1, 0.15) is 7.36 Å². The van der Waals surface area contributed by atoms with Crippen LogP contribution in [0, 0.1) is 0 Å². The van der Waals surface area contributed by atoms with Crippen LogP contribution in [-0.4, -0.2) is 94.9 Å². The van der Waals surface area contributed by atoms with Crippen LogP contribution in [0.15, 0.2) is 9.26 Å². The molecule has 0 saturated carbocycles. The molecule has 0 radical (unpaired) electrons. The standard InChI is InChI=1S/C12H35N7P2/c1-11-14-21(18(7)8,19(9)10)15-20(12-13-2,16(3)4)17(5)6/h13H,11-12H2,1-10H3. The van der Waals surface area contributed by atoms with Crippen molar-refractivity contribution in [2.75, 3.05) is 76.3 Å². The maximum atomic E-state index is 5.41. The van der Waals surface area contributed by atoms with E-state index in [1.165, 1.54) is 0 Å². The molecule has 0 bridgehead atoms. The lowest BCUT2D eigenvalue weighted by atomic mass is 10.8. The van der Waals surface area contributed by atoms with Crippen molar-refractivity contribution in [3.8, 4) is 0 Å². The molecular weight excluding hydrogens is 304 g/mol. The van der Waals surface area contributed by atoms with Crippen LogP contribution in [0.25, 0.3) is 0 Å². The third-order valence-electron chi connectivity index (χ3n) is 3.32. The van der Waals surface area contributed by atoms with Crippen molar-refractivity contribution in [1.29, 1.82) is 0 Å². The van der Waals surface area contributed by atoms with Gasteiger partial charge in [0.05, 0.1) is 6.29 Å². The fourth-order valence-corrected chi connectivity index (χ4v) is 10.1. The predicted molar refractivity (Wildman–Crippen MR) is 97.9 cm³/mol. The van der Waals surface area contributed by atoms with Crippen molar-refractivity contribution in [1.82, 2.24) is 24.0 Å². The number of nitrogens with one attached hydrogen (secondary N) is 1. The lowest BCUT2D eigenvalue weighted by Gasteiger charge is -2.42.